The number of aromatic amines is 2. The van der Waals surface area contributed by atoms with Gasteiger partial charge in [-0.2, -0.15) is 20.5 Å². The Kier molecular flexibility index (Phi) is 2.94. The van der Waals surface area contributed by atoms with Crippen molar-refractivity contribution in [2.24, 2.45) is 0 Å². The van der Waals surface area contributed by atoms with Crippen molar-refractivity contribution in [2.75, 3.05) is 12.4 Å². The summed E-state index contributed by atoms with van der Waals surface area (Å²) in [5.74, 6) is 0.869. The average Bonchev–Trinajstić information content (AvgIpc) is 3.20. The Balaban J connectivity index is 1.67. The van der Waals surface area contributed by atoms with Crippen LogP contribution >= 0.6 is 0 Å². The summed E-state index contributed by atoms with van der Waals surface area (Å²) in [5, 5.41) is 21.0. The van der Waals surface area contributed by atoms with E-state index in [2.05, 4.69) is 30.9 Å². The molecule has 0 bridgehead atoms. The zero-order valence-electron chi connectivity index (χ0n) is 12.1. The molecule has 2 aromatic heterocycles. The van der Waals surface area contributed by atoms with Crippen LogP contribution in [0.4, 0.5) is 5.82 Å². The van der Waals surface area contributed by atoms with Crippen molar-refractivity contribution in [3.8, 4) is 5.75 Å². The summed E-state index contributed by atoms with van der Waals surface area (Å²) in [6, 6.07) is 10.6. The first-order chi connectivity index (χ1) is 11.2. The summed E-state index contributed by atoms with van der Waals surface area (Å²) in [4.78, 5) is 12.4. The minimum Gasteiger partial charge on any atom is -0.497 e. The first-order valence-electron chi connectivity index (χ1n) is 6.88. The second-order valence-electron chi connectivity index (χ2n) is 4.96. The molecule has 0 aliphatic rings. The molecule has 4 aromatic rings. The van der Waals surface area contributed by atoms with Crippen LogP contribution in [0.25, 0.3) is 21.9 Å². The molecule has 2 aromatic carbocycles. The Morgan fingerprint density at radius 1 is 1.09 bits per heavy atom. The molecule has 2 heterocycles. The summed E-state index contributed by atoms with van der Waals surface area (Å²) < 4.78 is 5.20. The minimum absolute atomic E-state index is 0.272. The van der Waals surface area contributed by atoms with Crippen molar-refractivity contribution in [3.63, 3.8) is 0 Å². The van der Waals surface area contributed by atoms with E-state index in [4.69, 9.17) is 4.74 Å². The lowest BCUT2D eigenvalue weighted by Crippen LogP contribution is -2.12. The summed E-state index contributed by atoms with van der Waals surface area (Å²) in [5.41, 5.74) is 2.63. The van der Waals surface area contributed by atoms with E-state index in [0.717, 1.165) is 10.9 Å². The molecule has 0 spiro atoms. The highest BCUT2D eigenvalue weighted by molar-refractivity contribution is 6.09. The van der Waals surface area contributed by atoms with Crippen LogP contribution in [0.2, 0.25) is 0 Å². The number of methoxy groups -OCH3 is 1. The summed E-state index contributed by atoms with van der Waals surface area (Å²) >= 11 is 0. The fourth-order valence-electron chi connectivity index (χ4n) is 2.38. The number of rotatable bonds is 3. The molecule has 3 N–H and O–H groups in total. The number of anilines is 1. The molecule has 0 atom stereocenters. The number of carbonyl (C=O) groups excluding carboxylic acids is 1. The Morgan fingerprint density at radius 2 is 1.96 bits per heavy atom. The highest BCUT2D eigenvalue weighted by atomic mass is 16.5. The monoisotopic (exact) mass is 308 g/mol. The van der Waals surface area contributed by atoms with Crippen molar-refractivity contribution in [1.82, 2.24) is 25.6 Å². The van der Waals surface area contributed by atoms with E-state index in [1.54, 1.807) is 25.3 Å². The van der Waals surface area contributed by atoms with Crippen molar-refractivity contribution < 1.29 is 9.53 Å². The lowest BCUT2D eigenvalue weighted by molar-refractivity contribution is 0.102. The van der Waals surface area contributed by atoms with E-state index in [9.17, 15) is 4.79 Å². The predicted octanol–water partition coefficient (Wildman–Crippen LogP) is 2.10. The zero-order chi connectivity index (χ0) is 15.8. The third-order valence-corrected chi connectivity index (χ3v) is 3.58. The fourth-order valence-corrected chi connectivity index (χ4v) is 2.38. The molecule has 23 heavy (non-hydrogen) atoms. The number of nitrogens with one attached hydrogen (secondary N) is 3. The molecule has 0 radical (unpaired) electrons. The van der Waals surface area contributed by atoms with Crippen LogP contribution in [0, 0.1) is 0 Å². The van der Waals surface area contributed by atoms with E-state index in [1.807, 2.05) is 18.2 Å². The Labute approximate surface area is 129 Å². The molecule has 0 saturated carbocycles. The quantitative estimate of drug-likeness (QED) is 0.537. The molecular formula is C15H12N6O2. The van der Waals surface area contributed by atoms with E-state index in [-0.39, 0.29) is 5.91 Å². The molecule has 0 aliphatic heterocycles. The second-order valence-corrected chi connectivity index (χ2v) is 4.96. The summed E-state index contributed by atoms with van der Waals surface area (Å²) in [7, 11) is 1.59. The van der Waals surface area contributed by atoms with Gasteiger partial charge in [0, 0.05) is 10.9 Å². The number of hydrogen-bond acceptors (Lipinski definition) is 5. The van der Waals surface area contributed by atoms with Crippen LogP contribution in [0.5, 0.6) is 5.75 Å². The zero-order valence-corrected chi connectivity index (χ0v) is 12.1. The lowest BCUT2D eigenvalue weighted by Gasteiger charge is -2.03. The van der Waals surface area contributed by atoms with Gasteiger partial charge in [-0.1, -0.05) is 0 Å². The van der Waals surface area contributed by atoms with Gasteiger partial charge in [0.1, 0.15) is 16.8 Å². The standard InChI is InChI=1S/C15H12N6O2/c1-23-9-3-5-11-10(7-9)14(20-17-11)16-15(22)8-2-4-12-13(6-8)19-21-18-12/h2-7H,1H3,(H,18,19,21)(H2,16,17,20,22). The number of carbonyl (C=O) groups is 1. The van der Waals surface area contributed by atoms with Gasteiger partial charge in [-0.15, -0.1) is 0 Å². The molecule has 0 aliphatic carbocycles. The van der Waals surface area contributed by atoms with Crippen molar-refractivity contribution in [2.45, 2.75) is 0 Å². The van der Waals surface area contributed by atoms with Gasteiger partial charge >= 0.3 is 0 Å². The number of aromatic nitrogens is 5. The molecule has 0 saturated heterocycles. The largest absolute Gasteiger partial charge is 0.497 e. The van der Waals surface area contributed by atoms with Crippen molar-refractivity contribution in [1.29, 1.82) is 0 Å². The molecule has 0 fully saturated rings. The van der Waals surface area contributed by atoms with Gasteiger partial charge in [0.2, 0.25) is 0 Å². The minimum atomic E-state index is -0.272. The number of benzene rings is 2. The SMILES string of the molecule is COc1ccc2[nH]nc(NC(=O)c3ccc4n[nH]nc4c3)c2c1. The maximum atomic E-state index is 12.4. The maximum Gasteiger partial charge on any atom is 0.256 e. The van der Waals surface area contributed by atoms with Crippen LogP contribution in [0.3, 0.4) is 0 Å². The van der Waals surface area contributed by atoms with E-state index in [1.165, 1.54) is 0 Å². The van der Waals surface area contributed by atoms with Gasteiger partial charge in [-0.05, 0) is 36.4 Å². The summed E-state index contributed by atoms with van der Waals surface area (Å²) in [6.45, 7) is 0. The molecule has 0 unspecified atom stereocenters. The molecule has 114 valence electrons. The van der Waals surface area contributed by atoms with Gasteiger partial charge in [0.15, 0.2) is 5.82 Å². The van der Waals surface area contributed by atoms with E-state index in [0.29, 0.717) is 28.2 Å². The van der Waals surface area contributed by atoms with Crippen LogP contribution in [0.15, 0.2) is 36.4 Å². The van der Waals surface area contributed by atoms with E-state index < -0.39 is 0 Å². The number of ether oxygens (including phenoxy) is 1. The van der Waals surface area contributed by atoms with Crippen molar-refractivity contribution in [3.05, 3.63) is 42.0 Å². The van der Waals surface area contributed by atoms with Crippen LogP contribution in [-0.2, 0) is 0 Å². The van der Waals surface area contributed by atoms with Gasteiger partial charge in [-0.3, -0.25) is 9.89 Å². The molecule has 4 rings (SSSR count). The highest BCUT2D eigenvalue weighted by Gasteiger charge is 2.13. The van der Waals surface area contributed by atoms with Crippen LogP contribution in [0.1, 0.15) is 10.4 Å². The first-order valence-corrected chi connectivity index (χ1v) is 6.88. The topological polar surface area (TPSA) is 109 Å². The van der Waals surface area contributed by atoms with Gasteiger partial charge in [0.05, 0.1) is 12.6 Å². The van der Waals surface area contributed by atoms with Crippen LogP contribution in [-0.4, -0.2) is 38.6 Å². The number of H-pyrrole nitrogens is 2. The molecule has 8 nitrogen and oxygen atoms in total. The number of fused-ring (bicyclic) bond motifs is 2. The smallest absolute Gasteiger partial charge is 0.256 e. The number of amides is 1. The number of hydrogen-bond donors (Lipinski definition) is 3. The Hall–Kier alpha value is -3.42. The normalized spacial score (nSPS) is 11.0. The summed E-state index contributed by atoms with van der Waals surface area (Å²) in [6.07, 6.45) is 0. The second kappa shape index (κ2) is 5.09. The third-order valence-electron chi connectivity index (χ3n) is 3.58. The molecular weight excluding hydrogens is 296 g/mol. The Morgan fingerprint density at radius 3 is 2.83 bits per heavy atom. The fraction of sp³-hybridized carbons (Fsp3) is 0.0667. The highest BCUT2D eigenvalue weighted by Crippen LogP contribution is 2.25. The predicted molar refractivity (Wildman–Crippen MR) is 84.5 cm³/mol. The average molecular weight is 308 g/mol. The maximum absolute atomic E-state index is 12.4. The van der Waals surface area contributed by atoms with Gasteiger partial charge < -0.3 is 10.1 Å². The first kappa shape index (κ1) is 13.3. The lowest BCUT2D eigenvalue weighted by atomic mass is 10.2. The van der Waals surface area contributed by atoms with E-state index >= 15 is 0 Å². The third kappa shape index (κ3) is 2.26. The van der Waals surface area contributed by atoms with Gasteiger partial charge in [0.25, 0.3) is 5.91 Å². The van der Waals surface area contributed by atoms with Crippen LogP contribution < -0.4 is 10.1 Å². The Bertz CT molecular complexity index is 1020. The van der Waals surface area contributed by atoms with Crippen molar-refractivity contribution >= 4 is 33.7 Å². The van der Waals surface area contributed by atoms with Gasteiger partial charge in [-0.25, -0.2) is 0 Å². The molecule has 1 amide bonds. The number of nitrogens with zero attached hydrogens (tertiary/aromatic N) is 3. The molecule has 8 heteroatoms.